The van der Waals surface area contributed by atoms with Crippen LogP contribution in [0, 0.1) is 0 Å². The molecule has 0 aliphatic carbocycles. The molecule has 0 spiro atoms. The zero-order chi connectivity index (χ0) is 19.3. The Morgan fingerprint density at radius 2 is 1.73 bits per heavy atom. The number of methoxy groups -OCH3 is 1. The van der Waals surface area contributed by atoms with Gasteiger partial charge in [-0.1, -0.05) is 51.5 Å². The summed E-state index contributed by atoms with van der Waals surface area (Å²) in [5, 5.41) is 0. The van der Waals surface area contributed by atoms with E-state index in [1.807, 2.05) is 6.07 Å². The molecule has 0 heterocycles. The summed E-state index contributed by atoms with van der Waals surface area (Å²) in [6.45, 7) is 3.25. The number of hydrogen-bond donors (Lipinski definition) is 2. The second-order valence-corrected chi connectivity index (χ2v) is 8.31. The molecule has 1 rings (SSSR count). The van der Waals surface area contributed by atoms with Crippen LogP contribution in [0.4, 0.5) is 0 Å². The Labute approximate surface area is 158 Å². The first-order chi connectivity index (χ1) is 12.5. The summed E-state index contributed by atoms with van der Waals surface area (Å²) in [6, 6.07) is 5.38. The van der Waals surface area contributed by atoms with Crippen molar-refractivity contribution >= 4 is 10.0 Å². The van der Waals surface area contributed by atoms with Crippen LogP contribution in [-0.2, 0) is 16.6 Å². The third-order valence-electron chi connectivity index (χ3n) is 4.12. The molecule has 0 atom stereocenters. The highest BCUT2D eigenvalue weighted by Crippen LogP contribution is 2.28. The van der Waals surface area contributed by atoms with E-state index in [0.717, 1.165) is 18.4 Å². The molecule has 0 aliphatic rings. The molecule has 0 unspecified atom stereocenters. The largest absolute Gasteiger partial charge is 0.493 e. The van der Waals surface area contributed by atoms with Crippen molar-refractivity contribution in [3.63, 3.8) is 0 Å². The number of hydrogen-bond acceptors (Lipinski definition) is 5. The van der Waals surface area contributed by atoms with Gasteiger partial charge in [-0.3, -0.25) is 0 Å². The lowest BCUT2D eigenvalue weighted by Gasteiger charge is -2.12. The van der Waals surface area contributed by atoms with Crippen LogP contribution >= 0.6 is 0 Å². The predicted octanol–water partition coefficient (Wildman–Crippen LogP) is 3.20. The van der Waals surface area contributed by atoms with Gasteiger partial charge in [0.2, 0.25) is 10.0 Å². The van der Waals surface area contributed by atoms with Gasteiger partial charge in [0.25, 0.3) is 0 Å². The van der Waals surface area contributed by atoms with Crippen molar-refractivity contribution in [2.24, 2.45) is 5.73 Å². The van der Waals surface area contributed by atoms with Gasteiger partial charge < -0.3 is 15.2 Å². The number of nitrogens with two attached hydrogens (primary N) is 1. The van der Waals surface area contributed by atoms with E-state index < -0.39 is 10.0 Å². The highest BCUT2D eigenvalue weighted by atomic mass is 32.2. The van der Waals surface area contributed by atoms with E-state index in [4.69, 9.17) is 15.2 Å². The molecule has 0 saturated carbocycles. The Morgan fingerprint density at radius 1 is 1.04 bits per heavy atom. The molecule has 1 aromatic carbocycles. The monoisotopic (exact) mass is 386 g/mol. The van der Waals surface area contributed by atoms with Gasteiger partial charge in [0, 0.05) is 13.1 Å². The third kappa shape index (κ3) is 9.40. The maximum Gasteiger partial charge on any atom is 0.211 e. The first-order valence-electron chi connectivity index (χ1n) is 9.49. The molecule has 0 aromatic heterocycles. The summed E-state index contributed by atoms with van der Waals surface area (Å²) in [5.74, 6) is 1.35. The van der Waals surface area contributed by atoms with Crippen molar-refractivity contribution in [1.82, 2.24) is 4.72 Å². The summed E-state index contributed by atoms with van der Waals surface area (Å²) < 4.78 is 37.7. The average molecular weight is 387 g/mol. The Hall–Kier alpha value is -1.31. The Kier molecular flexibility index (Phi) is 11.3. The van der Waals surface area contributed by atoms with Gasteiger partial charge in [-0.05, 0) is 24.1 Å². The van der Waals surface area contributed by atoms with E-state index in [9.17, 15) is 8.42 Å². The van der Waals surface area contributed by atoms with Crippen molar-refractivity contribution in [1.29, 1.82) is 0 Å². The van der Waals surface area contributed by atoms with Crippen molar-refractivity contribution in [2.75, 3.05) is 26.0 Å². The Bertz CT molecular complexity index is 606. The smallest absolute Gasteiger partial charge is 0.211 e. The van der Waals surface area contributed by atoms with E-state index in [0.29, 0.717) is 31.1 Å². The molecule has 7 heteroatoms. The molecule has 3 N–H and O–H groups in total. The topological polar surface area (TPSA) is 90.7 Å². The SMILES string of the molecule is CCCCCCCCCS(=O)(=O)NCc1ccc(OCCN)c(OC)c1. The van der Waals surface area contributed by atoms with E-state index >= 15 is 0 Å². The van der Waals surface area contributed by atoms with Crippen LogP contribution in [0.1, 0.15) is 57.4 Å². The van der Waals surface area contributed by atoms with E-state index in [-0.39, 0.29) is 12.3 Å². The van der Waals surface area contributed by atoms with E-state index in [1.54, 1.807) is 19.2 Å². The molecular formula is C19H34N2O4S. The molecule has 0 aliphatic heterocycles. The molecule has 1 aromatic rings. The summed E-state index contributed by atoms with van der Waals surface area (Å²) in [5.41, 5.74) is 6.26. The van der Waals surface area contributed by atoms with Crippen molar-refractivity contribution in [3.8, 4) is 11.5 Å². The zero-order valence-electron chi connectivity index (χ0n) is 16.1. The maximum absolute atomic E-state index is 12.1. The highest BCUT2D eigenvalue weighted by Gasteiger charge is 2.11. The fraction of sp³-hybridized carbons (Fsp3) is 0.684. The lowest BCUT2D eigenvalue weighted by molar-refractivity contribution is 0.302. The van der Waals surface area contributed by atoms with Crippen LogP contribution in [0.15, 0.2) is 18.2 Å². The first kappa shape index (κ1) is 22.7. The number of ether oxygens (including phenoxy) is 2. The molecule has 0 amide bonds. The van der Waals surface area contributed by atoms with Crippen LogP contribution in [0.25, 0.3) is 0 Å². The van der Waals surface area contributed by atoms with E-state index in [1.165, 1.54) is 25.7 Å². The molecule has 0 saturated heterocycles. The van der Waals surface area contributed by atoms with Gasteiger partial charge in [0.1, 0.15) is 6.61 Å². The van der Waals surface area contributed by atoms with Crippen LogP contribution < -0.4 is 19.9 Å². The fourth-order valence-corrected chi connectivity index (χ4v) is 3.74. The van der Waals surface area contributed by atoms with Crippen LogP contribution in [0.5, 0.6) is 11.5 Å². The van der Waals surface area contributed by atoms with Crippen LogP contribution in [0.2, 0.25) is 0 Å². The molecule has 0 bridgehead atoms. The zero-order valence-corrected chi connectivity index (χ0v) is 16.9. The molecule has 0 fully saturated rings. The Balaban J connectivity index is 2.39. The molecule has 0 radical (unpaired) electrons. The maximum atomic E-state index is 12.1. The van der Waals surface area contributed by atoms with Crippen molar-refractivity contribution in [3.05, 3.63) is 23.8 Å². The molecule has 26 heavy (non-hydrogen) atoms. The number of rotatable bonds is 15. The summed E-state index contributed by atoms with van der Waals surface area (Å²) in [4.78, 5) is 0. The lowest BCUT2D eigenvalue weighted by atomic mass is 10.1. The number of nitrogens with one attached hydrogen (secondary N) is 1. The number of sulfonamides is 1. The van der Waals surface area contributed by atoms with Gasteiger partial charge >= 0.3 is 0 Å². The van der Waals surface area contributed by atoms with E-state index in [2.05, 4.69) is 11.6 Å². The molecule has 6 nitrogen and oxygen atoms in total. The van der Waals surface area contributed by atoms with Gasteiger partial charge in [0.05, 0.1) is 12.9 Å². The second kappa shape index (κ2) is 12.9. The van der Waals surface area contributed by atoms with Crippen molar-refractivity contribution in [2.45, 2.75) is 58.4 Å². The second-order valence-electron chi connectivity index (χ2n) is 6.38. The fourth-order valence-electron chi connectivity index (χ4n) is 2.62. The summed E-state index contributed by atoms with van der Waals surface area (Å²) in [6.07, 6.45) is 7.70. The van der Waals surface area contributed by atoms with Crippen LogP contribution in [-0.4, -0.2) is 34.4 Å². The van der Waals surface area contributed by atoms with Gasteiger partial charge in [-0.25, -0.2) is 13.1 Å². The van der Waals surface area contributed by atoms with Gasteiger partial charge in [-0.15, -0.1) is 0 Å². The van der Waals surface area contributed by atoms with Crippen molar-refractivity contribution < 1.29 is 17.9 Å². The van der Waals surface area contributed by atoms with Gasteiger partial charge in [-0.2, -0.15) is 0 Å². The lowest BCUT2D eigenvalue weighted by Crippen LogP contribution is -2.26. The first-order valence-corrected chi connectivity index (χ1v) is 11.1. The third-order valence-corrected chi connectivity index (χ3v) is 5.53. The minimum atomic E-state index is -3.26. The summed E-state index contributed by atoms with van der Waals surface area (Å²) >= 11 is 0. The minimum Gasteiger partial charge on any atom is -0.493 e. The van der Waals surface area contributed by atoms with Crippen LogP contribution in [0.3, 0.4) is 0 Å². The number of unbranched alkanes of at least 4 members (excludes halogenated alkanes) is 6. The molecule has 150 valence electrons. The normalized spacial score (nSPS) is 11.5. The minimum absolute atomic E-state index is 0.176. The average Bonchev–Trinajstić information content (AvgIpc) is 2.64. The number of benzene rings is 1. The highest BCUT2D eigenvalue weighted by molar-refractivity contribution is 7.89. The predicted molar refractivity (Wildman–Crippen MR) is 106 cm³/mol. The molecular weight excluding hydrogens is 352 g/mol. The Morgan fingerprint density at radius 3 is 2.38 bits per heavy atom. The quantitative estimate of drug-likeness (QED) is 0.452. The van der Waals surface area contributed by atoms with Gasteiger partial charge in [0.15, 0.2) is 11.5 Å². The summed E-state index contributed by atoms with van der Waals surface area (Å²) in [7, 11) is -1.70. The standard InChI is InChI=1S/C19H34N2O4S/c1-3-4-5-6-7-8-9-14-26(22,23)21-16-17-10-11-18(25-13-12-20)19(15-17)24-2/h10-11,15,21H,3-9,12-14,16,20H2,1-2H3.